The summed E-state index contributed by atoms with van der Waals surface area (Å²) >= 11 is 0. The summed E-state index contributed by atoms with van der Waals surface area (Å²) in [6.45, 7) is 0. The van der Waals surface area contributed by atoms with E-state index in [1.807, 2.05) is 18.2 Å². The number of amides is 1. The van der Waals surface area contributed by atoms with Crippen LogP contribution in [0, 0.1) is 0 Å². The predicted molar refractivity (Wildman–Crippen MR) is 105 cm³/mol. The van der Waals surface area contributed by atoms with Gasteiger partial charge in [0.05, 0.1) is 10.6 Å². The molecule has 0 aliphatic carbocycles. The summed E-state index contributed by atoms with van der Waals surface area (Å²) in [6.07, 6.45) is 0. The zero-order valence-corrected chi connectivity index (χ0v) is 15.1. The Morgan fingerprint density at radius 2 is 1.26 bits per heavy atom. The van der Waals surface area contributed by atoms with Gasteiger partial charge in [-0.25, -0.2) is 13.1 Å². The van der Waals surface area contributed by atoms with Crippen molar-refractivity contribution in [2.45, 2.75) is 4.90 Å². The lowest BCUT2D eigenvalue weighted by atomic mass is 10.1. The van der Waals surface area contributed by atoms with Crippen molar-refractivity contribution in [3.8, 4) is 0 Å². The van der Waals surface area contributed by atoms with E-state index in [1.54, 1.807) is 60.7 Å². The third-order valence-corrected chi connectivity index (χ3v) is 4.96. The molecule has 0 aromatic heterocycles. The molecule has 2 N–H and O–H groups in total. The van der Waals surface area contributed by atoms with Gasteiger partial charge in [0, 0.05) is 5.56 Å². The van der Waals surface area contributed by atoms with Gasteiger partial charge in [0.1, 0.15) is 0 Å². The maximum atomic E-state index is 12.7. The number of rotatable bonds is 6. The predicted octanol–water partition coefficient (Wildman–Crippen LogP) is 3.01. The summed E-state index contributed by atoms with van der Waals surface area (Å²) in [4.78, 5) is 12.7. The van der Waals surface area contributed by atoms with Crippen LogP contribution in [0.1, 0.15) is 5.56 Å². The monoisotopic (exact) mass is 379 g/mol. The molecule has 0 saturated heterocycles. The number of hydrogen-bond acceptors (Lipinski definition) is 5. The first-order valence-corrected chi connectivity index (χ1v) is 9.61. The molecule has 0 radical (unpaired) electrons. The van der Waals surface area contributed by atoms with E-state index in [-0.39, 0.29) is 10.6 Å². The molecule has 3 aromatic carbocycles. The number of carbonyl (C=O) groups is 1. The number of hydrogen-bond donors (Lipinski definition) is 2. The van der Waals surface area contributed by atoms with Crippen LogP contribution >= 0.6 is 0 Å². The summed E-state index contributed by atoms with van der Waals surface area (Å²) in [6, 6.07) is 25.4. The quantitative estimate of drug-likeness (QED) is 0.509. The van der Waals surface area contributed by atoms with Crippen molar-refractivity contribution < 1.29 is 13.2 Å². The molecule has 3 aromatic rings. The Morgan fingerprint density at radius 1 is 0.741 bits per heavy atom. The number of hydrazone groups is 1. The van der Waals surface area contributed by atoms with Crippen LogP contribution in [-0.2, 0) is 14.8 Å². The highest BCUT2D eigenvalue weighted by molar-refractivity contribution is 7.90. The van der Waals surface area contributed by atoms with Gasteiger partial charge in [0.25, 0.3) is 15.9 Å². The van der Waals surface area contributed by atoms with Gasteiger partial charge >= 0.3 is 0 Å². The molecule has 136 valence electrons. The summed E-state index contributed by atoms with van der Waals surface area (Å²) in [5.74, 6) is -0.825. The number of nitrogens with zero attached hydrogens (tertiary/aromatic N) is 1. The van der Waals surface area contributed by atoms with Crippen LogP contribution < -0.4 is 10.1 Å². The molecule has 0 saturated carbocycles. The minimum absolute atomic E-state index is 0.00165. The summed E-state index contributed by atoms with van der Waals surface area (Å²) in [5.41, 5.74) is 3.90. The molecule has 0 atom stereocenters. The first kappa shape index (κ1) is 18.3. The third kappa shape index (κ3) is 4.80. The molecule has 0 spiro atoms. The van der Waals surface area contributed by atoms with E-state index >= 15 is 0 Å². The van der Waals surface area contributed by atoms with Gasteiger partial charge in [-0.2, -0.15) is 5.10 Å². The number of benzene rings is 3. The lowest BCUT2D eigenvalue weighted by molar-refractivity contribution is -0.113. The average molecular weight is 379 g/mol. The molecule has 1 amide bonds. The fourth-order valence-electron chi connectivity index (χ4n) is 2.30. The van der Waals surface area contributed by atoms with E-state index in [1.165, 1.54) is 12.1 Å². The van der Waals surface area contributed by atoms with Gasteiger partial charge in [-0.3, -0.25) is 10.2 Å². The standard InChI is InChI=1S/C20H17N3O3S/c24-20(23-27(25,26)18-14-8-3-9-15-18)19(16-10-4-1-5-11-16)22-21-17-12-6-2-7-13-17/h1-15,21H,(H,23,24). The molecule has 0 bridgehead atoms. The van der Waals surface area contributed by atoms with E-state index in [0.29, 0.717) is 11.3 Å². The summed E-state index contributed by atoms with van der Waals surface area (Å²) < 4.78 is 27.0. The maximum Gasteiger partial charge on any atom is 0.286 e. The van der Waals surface area contributed by atoms with Crippen LogP contribution in [0.3, 0.4) is 0 Å². The summed E-state index contributed by atoms with van der Waals surface area (Å²) in [7, 11) is -4.00. The first-order chi connectivity index (χ1) is 13.1. The molecule has 6 nitrogen and oxygen atoms in total. The second-order valence-corrected chi connectivity index (χ2v) is 7.23. The van der Waals surface area contributed by atoms with Crippen molar-refractivity contribution in [2.24, 2.45) is 5.10 Å². The van der Waals surface area contributed by atoms with Crippen LogP contribution in [0.2, 0.25) is 0 Å². The fourth-order valence-corrected chi connectivity index (χ4v) is 3.28. The van der Waals surface area contributed by atoms with Crippen molar-refractivity contribution in [2.75, 3.05) is 5.43 Å². The Balaban J connectivity index is 1.90. The molecule has 0 aliphatic rings. The molecule has 0 unspecified atom stereocenters. The number of carbonyl (C=O) groups excluding carboxylic acids is 1. The van der Waals surface area contributed by atoms with Crippen molar-refractivity contribution in [1.82, 2.24) is 4.72 Å². The van der Waals surface area contributed by atoms with E-state index in [4.69, 9.17) is 0 Å². The second kappa shape index (κ2) is 8.29. The normalized spacial score (nSPS) is 11.6. The average Bonchev–Trinajstić information content (AvgIpc) is 2.70. The zero-order valence-electron chi connectivity index (χ0n) is 14.2. The topological polar surface area (TPSA) is 87.6 Å². The van der Waals surface area contributed by atoms with E-state index < -0.39 is 15.9 Å². The molecule has 7 heteroatoms. The highest BCUT2D eigenvalue weighted by Crippen LogP contribution is 2.10. The Hall–Kier alpha value is -3.45. The van der Waals surface area contributed by atoms with Gasteiger partial charge in [-0.15, -0.1) is 0 Å². The molecular formula is C20H17N3O3S. The van der Waals surface area contributed by atoms with Crippen LogP contribution in [0.4, 0.5) is 5.69 Å². The Morgan fingerprint density at radius 3 is 1.85 bits per heavy atom. The van der Waals surface area contributed by atoms with Crippen LogP contribution in [-0.4, -0.2) is 20.0 Å². The molecule has 3 rings (SSSR count). The van der Waals surface area contributed by atoms with Crippen LogP contribution in [0.25, 0.3) is 0 Å². The first-order valence-electron chi connectivity index (χ1n) is 8.12. The van der Waals surface area contributed by atoms with Crippen molar-refractivity contribution >= 4 is 27.3 Å². The highest BCUT2D eigenvalue weighted by Gasteiger charge is 2.22. The van der Waals surface area contributed by atoms with Gasteiger partial charge in [0.2, 0.25) is 0 Å². The van der Waals surface area contributed by atoms with E-state index in [2.05, 4.69) is 15.2 Å². The lowest BCUT2D eigenvalue weighted by Crippen LogP contribution is -2.37. The highest BCUT2D eigenvalue weighted by atomic mass is 32.2. The lowest BCUT2D eigenvalue weighted by Gasteiger charge is -2.10. The zero-order chi connectivity index (χ0) is 19.1. The Kier molecular flexibility index (Phi) is 5.63. The minimum Gasteiger partial charge on any atom is -0.278 e. The van der Waals surface area contributed by atoms with Crippen LogP contribution in [0.15, 0.2) is 101 Å². The van der Waals surface area contributed by atoms with Crippen molar-refractivity contribution in [3.05, 3.63) is 96.6 Å². The van der Waals surface area contributed by atoms with Crippen molar-refractivity contribution in [1.29, 1.82) is 0 Å². The van der Waals surface area contributed by atoms with Crippen molar-refractivity contribution in [3.63, 3.8) is 0 Å². The maximum absolute atomic E-state index is 12.7. The Bertz CT molecular complexity index is 1040. The van der Waals surface area contributed by atoms with Gasteiger partial charge < -0.3 is 0 Å². The fraction of sp³-hybridized carbons (Fsp3) is 0. The summed E-state index contributed by atoms with van der Waals surface area (Å²) in [5, 5.41) is 4.13. The molecular weight excluding hydrogens is 362 g/mol. The van der Waals surface area contributed by atoms with Crippen LogP contribution in [0.5, 0.6) is 0 Å². The van der Waals surface area contributed by atoms with E-state index in [0.717, 1.165) is 0 Å². The minimum atomic E-state index is -4.00. The molecule has 0 heterocycles. The number of nitrogens with one attached hydrogen (secondary N) is 2. The number of anilines is 1. The van der Waals surface area contributed by atoms with E-state index in [9.17, 15) is 13.2 Å². The Labute approximate surface area is 157 Å². The number of sulfonamides is 1. The SMILES string of the molecule is O=C(NS(=O)(=O)c1ccccc1)C(=NNc1ccccc1)c1ccccc1. The van der Waals surface area contributed by atoms with Gasteiger partial charge in [-0.1, -0.05) is 66.7 Å². The smallest absolute Gasteiger partial charge is 0.278 e. The molecule has 0 aliphatic heterocycles. The largest absolute Gasteiger partial charge is 0.286 e. The molecule has 27 heavy (non-hydrogen) atoms. The molecule has 0 fully saturated rings. The third-order valence-electron chi connectivity index (χ3n) is 3.61. The van der Waals surface area contributed by atoms with Gasteiger partial charge in [-0.05, 0) is 24.3 Å². The second-order valence-electron chi connectivity index (χ2n) is 5.55. The number of para-hydroxylation sites is 1. The van der Waals surface area contributed by atoms with Gasteiger partial charge in [0.15, 0.2) is 5.71 Å².